The van der Waals surface area contributed by atoms with Gasteiger partial charge in [0.25, 0.3) is 0 Å². The number of nitrogens with zero attached hydrogens (tertiary/aromatic N) is 3. The molecule has 1 unspecified atom stereocenters. The van der Waals surface area contributed by atoms with E-state index in [4.69, 9.17) is 0 Å². The molecule has 0 saturated carbocycles. The zero-order valence-corrected chi connectivity index (χ0v) is 10.5. The molecule has 1 amide bonds. The Labute approximate surface area is 110 Å². The first-order valence-electron chi connectivity index (χ1n) is 5.67. The van der Waals surface area contributed by atoms with Crippen LogP contribution in [0.1, 0.15) is 12.8 Å². The molecule has 0 aromatic carbocycles. The van der Waals surface area contributed by atoms with E-state index in [0.717, 1.165) is 25.0 Å². The minimum atomic E-state index is -0.0891. The molecule has 3 heterocycles. The summed E-state index contributed by atoms with van der Waals surface area (Å²) in [5.74, 6) is 0.643. The van der Waals surface area contributed by atoms with Gasteiger partial charge in [0.2, 0.25) is 5.91 Å². The number of hydrogen-bond donors (Lipinski definition) is 2. The highest BCUT2D eigenvalue weighted by Gasteiger charge is 2.22. The Balaban J connectivity index is 0.00000120. The summed E-state index contributed by atoms with van der Waals surface area (Å²) in [6, 6.07) is 3.45. The lowest BCUT2D eigenvalue weighted by Crippen LogP contribution is -2.36. The number of fused-ring (bicyclic) bond motifs is 1. The summed E-state index contributed by atoms with van der Waals surface area (Å²) < 4.78 is 1.62. The van der Waals surface area contributed by atoms with Crippen molar-refractivity contribution in [2.75, 3.05) is 11.9 Å². The molecule has 2 aromatic rings. The highest BCUT2D eigenvalue weighted by atomic mass is 35.5. The summed E-state index contributed by atoms with van der Waals surface area (Å²) in [4.78, 5) is 16.1. The molecule has 3 rings (SSSR count). The first-order valence-corrected chi connectivity index (χ1v) is 5.67. The first-order chi connectivity index (χ1) is 8.34. The van der Waals surface area contributed by atoms with E-state index in [1.54, 1.807) is 29.0 Å². The number of nitrogens with one attached hydrogen (secondary N) is 2. The maximum atomic E-state index is 11.9. The lowest BCUT2D eigenvalue weighted by molar-refractivity contribution is -0.117. The monoisotopic (exact) mass is 267 g/mol. The van der Waals surface area contributed by atoms with Gasteiger partial charge in [0.15, 0.2) is 5.65 Å². The normalized spacial score (nSPS) is 18.6. The van der Waals surface area contributed by atoms with Crippen molar-refractivity contribution in [1.29, 1.82) is 0 Å². The van der Waals surface area contributed by atoms with Crippen LogP contribution >= 0.6 is 12.4 Å². The molecule has 2 aromatic heterocycles. The number of halogens is 1. The molecular formula is C11H14ClN5O. The molecule has 1 atom stereocenters. The minimum absolute atomic E-state index is 0. The van der Waals surface area contributed by atoms with E-state index in [0.29, 0.717) is 5.82 Å². The Morgan fingerprint density at radius 3 is 3.11 bits per heavy atom. The van der Waals surface area contributed by atoms with Crippen LogP contribution in [0.25, 0.3) is 5.65 Å². The molecule has 1 aliphatic rings. The molecule has 96 valence electrons. The minimum Gasteiger partial charge on any atom is -0.309 e. The fourth-order valence-corrected chi connectivity index (χ4v) is 2.05. The molecule has 1 saturated heterocycles. The number of carbonyl (C=O) groups is 1. The summed E-state index contributed by atoms with van der Waals surface area (Å²) in [6.07, 6.45) is 5.26. The van der Waals surface area contributed by atoms with Gasteiger partial charge in [-0.3, -0.25) is 4.79 Å². The average Bonchev–Trinajstić information content (AvgIpc) is 3.00. The van der Waals surface area contributed by atoms with Crippen molar-refractivity contribution in [2.24, 2.45) is 0 Å². The van der Waals surface area contributed by atoms with Crippen LogP contribution in [0.3, 0.4) is 0 Å². The summed E-state index contributed by atoms with van der Waals surface area (Å²) in [5.41, 5.74) is 0.724. The van der Waals surface area contributed by atoms with Crippen molar-refractivity contribution in [2.45, 2.75) is 18.9 Å². The van der Waals surface area contributed by atoms with E-state index in [9.17, 15) is 4.79 Å². The number of hydrogen-bond acceptors (Lipinski definition) is 4. The lowest BCUT2D eigenvalue weighted by Gasteiger charge is -2.11. The third-order valence-corrected chi connectivity index (χ3v) is 2.92. The number of amides is 1. The predicted molar refractivity (Wildman–Crippen MR) is 69.9 cm³/mol. The fourth-order valence-electron chi connectivity index (χ4n) is 2.05. The van der Waals surface area contributed by atoms with Crippen LogP contribution in [0.4, 0.5) is 5.82 Å². The maximum Gasteiger partial charge on any atom is 0.242 e. The number of carbonyl (C=O) groups excluding carboxylic acids is 1. The van der Waals surface area contributed by atoms with Crippen LogP contribution in [0.2, 0.25) is 0 Å². The Kier molecular flexibility index (Phi) is 3.78. The van der Waals surface area contributed by atoms with E-state index in [2.05, 4.69) is 20.7 Å². The van der Waals surface area contributed by atoms with Gasteiger partial charge in [0, 0.05) is 12.3 Å². The molecule has 0 spiro atoms. The van der Waals surface area contributed by atoms with Gasteiger partial charge < -0.3 is 10.6 Å². The van der Waals surface area contributed by atoms with Gasteiger partial charge in [-0.05, 0) is 25.5 Å². The number of anilines is 1. The van der Waals surface area contributed by atoms with Gasteiger partial charge in [-0.1, -0.05) is 0 Å². The Morgan fingerprint density at radius 2 is 2.33 bits per heavy atom. The molecule has 0 radical (unpaired) electrons. The molecule has 6 nitrogen and oxygen atoms in total. The fraction of sp³-hybridized carbons (Fsp3) is 0.364. The van der Waals surface area contributed by atoms with Crippen molar-refractivity contribution in [1.82, 2.24) is 19.9 Å². The van der Waals surface area contributed by atoms with Crippen molar-refractivity contribution in [3.05, 3.63) is 24.5 Å². The quantitative estimate of drug-likeness (QED) is 0.846. The van der Waals surface area contributed by atoms with Crippen molar-refractivity contribution >= 4 is 29.8 Å². The van der Waals surface area contributed by atoms with Crippen molar-refractivity contribution in [3.8, 4) is 0 Å². The largest absolute Gasteiger partial charge is 0.309 e. The van der Waals surface area contributed by atoms with Crippen LogP contribution in [0.15, 0.2) is 24.5 Å². The highest BCUT2D eigenvalue weighted by molar-refractivity contribution is 5.94. The van der Waals surface area contributed by atoms with Gasteiger partial charge in [0.05, 0.1) is 12.2 Å². The third kappa shape index (κ3) is 2.30. The van der Waals surface area contributed by atoms with Gasteiger partial charge in [-0.2, -0.15) is 9.61 Å². The standard InChI is InChI=1S/C11H13N5O.ClH/c17-11(8-2-1-5-12-8)15-10-3-6-13-9-4-7-14-16(9)10;/h3-4,6-8,12H,1-2,5H2,(H,15,17);1H. The lowest BCUT2D eigenvalue weighted by atomic mass is 10.2. The highest BCUT2D eigenvalue weighted by Crippen LogP contribution is 2.11. The third-order valence-electron chi connectivity index (χ3n) is 2.92. The second-order valence-corrected chi connectivity index (χ2v) is 4.07. The molecule has 18 heavy (non-hydrogen) atoms. The zero-order chi connectivity index (χ0) is 11.7. The molecule has 0 bridgehead atoms. The topological polar surface area (TPSA) is 71.3 Å². The Hall–Kier alpha value is -1.66. The molecular weight excluding hydrogens is 254 g/mol. The second-order valence-electron chi connectivity index (χ2n) is 4.07. The predicted octanol–water partition coefficient (Wildman–Crippen LogP) is 0.842. The Morgan fingerprint density at radius 1 is 1.44 bits per heavy atom. The molecule has 1 fully saturated rings. The second kappa shape index (κ2) is 5.32. The van der Waals surface area contributed by atoms with Crippen molar-refractivity contribution in [3.63, 3.8) is 0 Å². The van der Waals surface area contributed by atoms with E-state index in [1.165, 1.54) is 0 Å². The van der Waals surface area contributed by atoms with Crippen LogP contribution in [-0.4, -0.2) is 33.1 Å². The first kappa shape index (κ1) is 12.8. The van der Waals surface area contributed by atoms with Gasteiger partial charge >= 0.3 is 0 Å². The molecule has 2 N–H and O–H groups in total. The summed E-state index contributed by atoms with van der Waals surface area (Å²) in [5, 5.41) is 10.2. The number of rotatable bonds is 2. The summed E-state index contributed by atoms with van der Waals surface area (Å²) in [6.45, 7) is 0.908. The maximum absolute atomic E-state index is 11.9. The number of aromatic nitrogens is 3. The van der Waals surface area contributed by atoms with Gasteiger partial charge in [-0.15, -0.1) is 12.4 Å². The summed E-state index contributed by atoms with van der Waals surface area (Å²) >= 11 is 0. The Bertz CT molecular complexity index is 549. The molecule has 7 heteroatoms. The van der Waals surface area contributed by atoms with E-state index in [-0.39, 0.29) is 24.4 Å². The SMILES string of the molecule is Cl.O=C(Nc1ccnc2ccnn12)C1CCCN1. The smallest absolute Gasteiger partial charge is 0.242 e. The van der Waals surface area contributed by atoms with E-state index in [1.807, 2.05) is 0 Å². The summed E-state index contributed by atoms with van der Waals surface area (Å²) in [7, 11) is 0. The molecule has 1 aliphatic heterocycles. The average molecular weight is 268 g/mol. The van der Waals surface area contributed by atoms with E-state index >= 15 is 0 Å². The van der Waals surface area contributed by atoms with Crippen molar-refractivity contribution < 1.29 is 4.79 Å². The van der Waals surface area contributed by atoms with Crippen LogP contribution in [-0.2, 0) is 4.79 Å². The van der Waals surface area contributed by atoms with Gasteiger partial charge in [0.1, 0.15) is 5.82 Å². The van der Waals surface area contributed by atoms with Crippen LogP contribution in [0.5, 0.6) is 0 Å². The van der Waals surface area contributed by atoms with Gasteiger partial charge in [-0.25, -0.2) is 4.98 Å². The van der Waals surface area contributed by atoms with Crippen LogP contribution in [0, 0.1) is 0 Å². The van der Waals surface area contributed by atoms with E-state index < -0.39 is 0 Å². The van der Waals surface area contributed by atoms with Crippen LogP contribution < -0.4 is 10.6 Å². The molecule has 0 aliphatic carbocycles. The zero-order valence-electron chi connectivity index (χ0n) is 9.67.